The largest absolute Gasteiger partial charge is 0.446 e. The van der Waals surface area contributed by atoms with Gasteiger partial charge in [-0.1, -0.05) is 35.5 Å². The molecule has 0 saturated heterocycles. The molecule has 3 aromatic heterocycles. The molecule has 3 heterocycles. The maximum Gasteiger partial charge on any atom is 0.200 e. The minimum absolute atomic E-state index is 0.684. The van der Waals surface area contributed by atoms with Gasteiger partial charge in [-0.2, -0.15) is 0 Å². The van der Waals surface area contributed by atoms with Crippen LogP contribution < -0.4 is 0 Å². The highest BCUT2D eigenvalue weighted by molar-refractivity contribution is 9.10. The average Bonchev–Trinajstić information content (AvgIpc) is 3.38. The Morgan fingerprint density at radius 2 is 2.11 bits per heavy atom. The van der Waals surface area contributed by atoms with Gasteiger partial charge in [0.1, 0.15) is 5.01 Å². The lowest BCUT2D eigenvalue weighted by molar-refractivity contribution is 0.543. The first-order valence-electron chi connectivity index (χ1n) is 8.47. The summed E-state index contributed by atoms with van der Waals surface area (Å²) in [6, 6.07) is 12.2. The maximum absolute atomic E-state index is 5.62. The molecule has 0 aliphatic carbocycles. The molecule has 0 atom stereocenters. The Kier molecular flexibility index (Phi) is 5.47. The number of rotatable bonds is 6. The molecule has 0 saturated carbocycles. The molecule has 5 nitrogen and oxygen atoms in total. The Morgan fingerprint density at radius 3 is 2.85 bits per heavy atom. The number of thioether (sulfide) groups is 1. The smallest absolute Gasteiger partial charge is 0.200 e. The third-order valence-corrected chi connectivity index (χ3v) is 6.36. The first kappa shape index (κ1) is 18.5. The van der Waals surface area contributed by atoms with Crippen LogP contribution in [0.5, 0.6) is 0 Å². The fourth-order valence-corrected chi connectivity index (χ4v) is 4.84. The summed E-state index contributed by atoms with van der Waals surface area (Å²) < 4.78 is 8.37. The third-order valence-electron chi connectivity index (χ3n) is 3.99. The Labute approximate surface area is 174 Å². The normalized spacial score (nSPS) is 11.2. The van der Waals surface area contributed by atoms with Crippen LogP contribution in [0.25, 0.3) is 22.2 Å². The molecule has 0 aliphatic rings. The molecule has 27 heavy (non-hydrogen) atoms. The highest BCUT2D eigenvalue weighted by Crippen LogP contribution is 2.30. The fraction of sp³-hybridized carbons (Fsp3) is 0.211. The number of hydrogen-bond donors (Lipinski definition) is 0. The van der Waals surface area contributed by atoms with Gasteiger partial charge in [0.2, 0.25) is 5.82 Å². The molecule has 4 rings (SSSR count). The molecular weight excluding hydrogens is 444 g/mol. The maximum atomic E-state index is 5.62. The van der Waals surface area contributed by atoms with Gasteiger partial charge in [-0.15, -0.1) is 21.5 Å². The SMILES string of the molecule is CCn1c(SCc2csc(-c3cccc(C)c3)n2)nnc1-c1ccc(Br)o1. The van der Waals surface area contributed by atoms with Gasteiger partial charge in [-0.25, -0.2) is 4.98 Å². The van der Waals surface area contributed by atoms with Gasteiger partial charge in [-0.3, -0.25) is 4.57 Å². The number of thiazole rings is 1. The first-order chi connectivity index (χ1) is 13.1. The molecule has 1 aromatic carbocycles. The predicted octanol–water partition coefficient (Wildman–Crippen LogP) is 6.04. The monoisotopic (exact) mass is 460 g/mol. The van der Waals surface area contributed by atoms with Crippen molar-refractivity contribution in [1.29, 1.82) is 0 Å². The number of hydrogen-bond acceptors (Lipinski definition) is 6. The van der Waals surface area contributed by atoms with Crippen LogP contribution in [0.4, 0.5) is 0 Å². The van der Waals surface area contributed by atoms with Crippen molar-refractivity contribution in [2.75, 3.05) is 0 Å². The van der Waals surface area contributed by atoms with Crippen molar-refractivity contribution in [3.05, 3.63) is 57.7 Å². The summed E-state index contributed by atoms with van der Waals surface area (Å²) >= 11 is 6.65. The van der Waals surface area contributed by atoms with Crippen molar-refractivity contribution in [3.8, 4) is 22.2 Å². The van der Waals surface area contributed by atoms with E-state index in [9.17, 15) is 0 Å². The summed E-state index contributed by atoms with van der Waals surface area (Å²) in [6.45, 7) is 4.95. The summed E-state index contributed by atoms with van der Waals surface area (Å²) in [5.74, 6) is 2.20. The van der Waals surface area contributed by atoms with Crippen molar-refractivity contribution < 1.29 is 4.42 Å². The molecule has 0 spiro atoms. The van der Waals surface area contributed by atoms with E-state index in [0.717, 1.165) is 34.0 Å². The minimum atomic E-state index is 0.684. The number of furan rings is 1. The number of nitrogens with zero attached hydrogens (tertiary/aromatic N) is 4. The Bertz CT molecular complexity index is 1070. The van der Waals surface area contributed by atoms with Crippen LogP contribution in [0, 0.1) is 6.92 Å². The highest BCUT2D eigenvalue weighted by atomic mass is 79.9. The molecule has 4 aromatic rings. The second kappa shape index (κ2) is 8.00. The lowest BCUT2D eigenvalue weighted by Gasteiger charge is -2.04. The van der Waals surface area contributed by atoms with Gasteiger partial charge in [0.25, 0.3) is 0 Å². The van der Waals surface area contributed by atoms with E-state index in [1.807, 2.05) is 12.1 Å². The van der Waals surface area contributed by atoms with E-state index in [2.05, 4.69) is 74.2 Å². The van der Waals surface area contributed by atoms with E-state index >= 15 is 0 Å². The van der Waals surface area contributed by atoms with E-state index in [4.69, 9.17) is 9.40 Å². The van der Waals surface area contributed by atoms with E-state index in [0.29, 0.717) is 10.4 Å². The molecule has 138 valence electrons. The van der Waals surface area contributed by atoms with Crippen LogP contribution in [-0.4, -0.2) is 19.7 Å². The van der Waals surface area contributed by atoms with Crippen LogP contribution in [0.1, 0.15) is 18.2 Å². The molecule has 0 aliphatic heterocycles. The summed E-state index contributed by atoms with van der Waals surface area (Å²) in [5.41, 5.74) is 3.46. The average molecular weight is 461 g/mol. The van der Waals surface area contributed by atoms with Crippen molar-refractivity contribution in [1.82, 2.24) is 19.7 Å². The Hall–Kier alpha value is -1.90. The van der Waals surface area contributed by atoms with Gasteiger partial charge in [0.15, 0.2) is 15.6 Å². The molecule has 0 N–H and O–H groups in total. The zero-order valence-corrected chi connectivity index (χ0v) is 18.1. The summed E-state index contributed by atoms with van der Waals surface area (Å²) in [4.78, 5) is 4.78. The molecule has 0 radical (unpaired) electrons. The highest BCUT2D eigenvalue weighted by Gasteiger charge is 2.16. The molecule has 0 amide bonds. The first-order valence-corrected chi connectivity index (χ1v) is 11.1. The second-order valence-corrected chi connectivity index (χ2v) is 8.54. The van der Waals surface area contributed by atoms with Gasteiger partial charge >= 0.3 is 0 Å². The van der Waals surface area contributed by atoms with Crippen LogP contribution in [0.3, 0.4) is 0 Å². The van der Waals surface area contributed by atoms with Gasteiger partial charge in [-0.05, 0) is 48.0 Å². The summed E-state index contributed by atoms with van der Waals surface area (Å²) in [7, 11) is 0. The zero-order chi connectivity index (χ0) is 18.8. The number of aryl methyl sites for hydroxylation is 1. The summed E-state index contributed by atoms with van der Waals surface area (Å²) in [6.07, 6.45) is 0. The zero-order valence-electron chi connectivity index (χ0n) is 14.8. The van der Waals surface area contributed by atoms with E-state index in [-0.39, 0.29) is 0 Å². The number of halogens is 1. The molecular formula is C19H17BrN4OS2. The lowest BCUT2D eigenvalue weighted by atomic mass is 10.1. The van der Waals surface area contributed by atoms with E-state index in [1.165, 1.54) is 11.1 Å². The number of benzene rings is 1. The minimum Gasteiger partial charge on any atom is -0.446 e. The van der Waals surface area contributed by atoms with Crippen molar-refractivity contribution in [2.45, 2.75) is 31.3 Å². The van der Waals surface area contributed by atoms with Gasteiger partial charge in [0, 0.05) is 23.2 Å². The van der Waals surface area contributed by atoms with Crippen LogP contribution in [0.15, 0.2) is 56.0 Å². The van der Waals surface area contributed by atoms with E-state index < -0.39 is 0 Å². The standard InChI is InChI=1S/C19H17BrN4OS2/c1-3-24-17(15-7-8-16(20)25-15)22-23-19(24)27-11-14-10-26-18(21-14)13-6-4-5-12(2)9-13/h4-10H,3,11H2,1-2H3. The predicted molar refractivity (Wildman–Crippen MR) is 113 cm³/mol. The van der Waals surface area contributed by atoms with Crippen LogP contribution in [0.2, 0.25) is 0 Å². The second-order valence-electron chi connectivity index (χ2n) is 5.96. The van der Waals surface area contributed by atoms with Crippen LogP contribution >= 0.6 is 39.0 Å². The Balaban J connectivity index is 1.50. The van der Waals surface area contributed by atoms with Crippen molar-refractivity contribution in [3.63, 3.8) is 0 Å². The van der Waals surface area contributed by atoms with Gasteiger partial charge < -0.3 is 4.42 Å². The molecule has 8 heteroatoms. The quantitative estimate of drug-likeness (QED) is 0.328. The van der Waals surface area contributed by atoms with Crippen molar-refractivity contribution >= 4 is 39.0 Å². The fourth-order valence-electron chi connectivity index (χ4n) is 2.72. The number of aromatic nitrogens is 4. The third kappa shape index (κ3) is 4.02. The van der Waals surface area contributed by atoms with Crippen molar-refractivity contribution in [2.24, 2.45) is 0 Å². The molecule has 0 bridgehead atoms. The Morgan fingerprint density at radius 1 is 1.22 bits per heavy atom. The van der Waals surface area contributed by atoms with Crippen LogP contribution in [-0.2, 0) is 12.3 Å². The topological polar surface area (TPSA) is 56.7 Å². The van der Waals surface area contributed by atoms with E-state index in [1.54, 1.807) is 23.1 Å². The molecule has 0 fully saturated rings. The lowest BCUT2D eigenvalue weighted by Crippen LogP contribution is -1.99. The van der Waals surface area contributed by atoms with Gasteiger partial charge in [0.05, 0.1) is 5.69 Å². The summed E-state index contributed by atoms with van der Waals surface area (Å²) in [5, 5.41) is 12.7. The molecule has 0 unspecified atom stereocenters.